The first kappa shape index (κ1) is 21.8. The molecule has 0 bridgehead atoms. The molecule has 2 aromatic carbocycles. The van der Waals surface area contributed by atoms with Crippen molar-refractivity contribution in [2.75, 3.05) is 45.2 Å². The molecule has 0 saturated carbocycles. The number of anilines is 1. The van der Waals surface area contributed by atoms with E-state index in [1.807, 2.05) is 62.1 Å². The zero-order chi connectivity index (χ0) is 21.7. The van der Waals surface area contributed by atoms with Gasteiger partial charge in [-0.25, -0.2) is 0 Å². The van der Waals surface area contributed by atoms with E-state index in [4.69, 9.17) is 4.74 Å². The second-order valence-electron chi connectivity index (χ2n) is 7.96. The summed E-state index contributed by atoms with van der Waals surface area (Å²) in [4.78, 5) is 29.2. The van der Waals surface area contributed by atoms with Gasteiger partial charge in [-0.3, -0.25) is 14.5 Å². The first-order chi connectivity index (χ1) is 14.4. The number of ether oxygens (including phenoxy) is 1. The smallest absolute Gasteiger partial charge is 0.238 e. The van der Waals surface area contributed by atoms with Gasteiger partial charge in [0.25, 0.3) is 0 Å². The van der Waals surface area contributed by atoms with Crippen LogP contribution in [0, 0.1) is 20.8 Å². The number of hydrogen-bond donors (Lipinski definition) is 1. The van der Waals surface area contributed by atoms with Crippen molar-refractivity contribution in [3.8, 4) is 5.75 Å². The van der Waals surface area contributed by atoms with Crippen LogP contribution >= 0.6 is 0 Å². The van der Waals surface area contributed by atoms with Gasteiger partial charge in [0.2, 0.25) is 11.8 Å². The zero-order valence-electron chi connectivity index (χ0n) is 18.3. The summed E-state index contributed by atoms with van der Waals surface area (Å²) in [5.41, 5.74) is 5.04. The minimum absolute atomic E-state index is 0.0170. The lowest BCUT2D eigenvalue weighted by atomic mass is 10.1. The number of para-hydroxylation sites is 1. The highest BCUT2D eigenvalue weighted by molar-refractivity contribution is 5.93. The number of carbonyl (C=O) groups is 2. The molecule has 0 spiro atoms. The Balaban J connectivity index is 1.50. The largest absolute Gasteiger partial charge is 0.496 e. The molecule has 1 saturated heterocycles. The van der Waals surface area contributed by atoms with Gasteiger partial charge in [0.05, 0.1) is 20.1 Å². The van der Waals surface area contributed by atoms with Crippen molar-refractivity contribution in [2.45, 2.75) is 27.2 Å². The van der Waals surface area contributed by atoms with Crippen LogP contribution in [0.3, 0.4) is 0 Å². The number of nitrogens with zero attached hydrogens (tertiary/aromatic N) is 2. The van der Waals surface area contributed by atoms with Gasteiger partial charge in [-0.05, 0) is 38.0 Å². The number of piperazine rings is 1. The third-order valence-electron chi connectivity index (χ3n) is 5.62. The molecular formula is C24H31N3O3. The van der Waals surface area contributed by atoms with E-state index < -0.39 is 0 Å². The van der Waals surface area contributed by atoms with Crippen molar-refractivity contribution in [2.24, 2.45) is 0 Å². The number of carbonyl (C=O) groups excluding carboxylic acids is 2. The van der Waals surface area contributed by atoms with E-state index in [2.05, 4.69) is 10.2 Å². The van der Waals surface area contributed by atoms with Crippen LogP contribution in [-0.4, -0.2) is 61.4 Å². The van der Waals surface area contributed by atoms with Crippen LogP contribution in [0.15, 0.2) is 36.4 Å². The maximum absolute atomic E-state index is 12.8. The number of rotatable bonds is 6. The molecule has 1 N–H and O–H groups in total. The van der Waals surface area contributed by atoms with Crippen LogP contribution in [0.2, 0.25) is 0 Å². The molecule has 1 aliphatic heterocycles. The average molecular weight is 410 g/mol. The normalized spacial score (nSPS) is 14.5. The number of aryl methyl sites for hydroxylation is 3. The molecule has 0 radical (unpaired) electrons. The third-order valence-corrected chi connectivity index (χ3v) is 5.62. The molecule has 2 amide bonds. The SMILES string of the molecule is COc1ccc(C)cc1CC(=O)N1CCN(CC(=O)Nc2c(C)cccc2C)CC1. The number of benzene rings is 2. The fourth-order valence-corrected chi connectivity index (χ4v) is 3.87. The van der Waals surface area contributed by atoms with Crippen molar-refractivity contribution < 1.29 is 14.3 Å². The summed E-state index contributed by atoms with van der Waals surface area (Å²) in [6.45, 7) is 8.98. The molecule has 0 aliphatic carbocycles. The monoisotopic (exact) mass is 409 g/mol. The van der Waals surface area contributed by atoms with Gasteiger partial charge in [-0.1, -0.05) is 35.9 Å². The maximum atomic E-state index is 12.8. The highest BCUT2D eigenvalue weighted by Crippen LogP contribution is 2.21. The van der Waals surface area contributed by atoms with E-state index in [0.29, 0.717) is 39.1 Å². The lowest BCUT2D eigenvalue weighted by molar-refractivity contribution is -0.132. The summed E-state index contributed by atoms with van der Waals surface area (Å²) >= 11 is 0. The van der Waals surface area contributed by atoms with Crippen LogP contribution in [0.25, 0.3) is 0 Å². The Labute approximate surface area is 178 Å². The molecule has 30 heavy (non-hydrogen) atoms. The average Bonchev–Trinajstić information content (AvgIpc) is 2.71. The van der Waals surface area contributed by atoms with Gasteiger partial charge in [0, 0.05) is 37.4 Å². The predicted molar refractivity (Wildman–Crippen MR) is 119 cm³/mol. The van der Waals surface area contributed by atoms with Gasteiger partial charge in [-0.15, -0.1) is 0 Å². The lowest BCUT2D eigenvalue weighted by Gasteiger charge is -2.34. The van der Waals surface area contributed by atoms with Crippen molar-refractivity contribution in [3.05, 3.63) is 58.7 Å². The molecule has 2 aromatic rings. The van der Waals surface area contributed by atoms with Crippen molar-refractivity contribution in [3.63, 3.8) is 0 Å². The van der Waals surface area contributed by atoms with Gasteiger partial charge in [0.1, 0.15) is 5.75 Å². The quantitative estimate of drug-likeness (QED) is 0.797. The highest BCUT2D eigenvalue weighted by Gasteiger charge is 2.23. The first-order valence-electron chi connectivity index (χ1n) is 10.4. The van der Waals surface area contributed by atoms with Gasteiger partial charge in [0.15, 0.2) is 0 Å². The number of nitrogens with one attached hydrogen (secondary N) is 1. The summed E-state index contributed by atoms with van der Waals surface area (Å²) in [5.74, 6) is 0.825. The molecule has 3 rings (SSSR count). The Kier molecular flexibility index (Phi) is 7.11. The Morgan fingerprint density at radius 2 is 1.67 bits per heavy atom. The highest BCUT2D eigenvalue weighted by atomic mass is 16.5. The standard InChI is InChI=1S/C24H31N3O3/c1-17-8-9-21(30-4)20(14-17)15-23(29)27-12-10-26(11-13-27)16-22(28)25-24-18(2)6-5-7-19(24)3/h5-9,14H,10-13,15-16H2,1-4H3,(H,25,28). The van der Waals surface area contributed by atoms with E-state index in [1.54, 1.807) is 7.11 Å². The van der Waals surface area contributed by atoms with Crippen LogP contribution < -0.4 is 10.1 Å². The molecule has 6 nitrogen and oxygen atoms in total. The van der Waals surface area contributed by atoms with E-state index in [-0.39, 0.29) is 11.8 Å². The van der Waals surface area contributed by atoms with Gasteiger partial charge >= 0.3 is 0 Å². The lowest BCUT2D eigenvalue weighted by Crippen LogP contribution is -2.50. The summed E-state index contributed by atoms with van der Waals surface area (Å²) in [7, 11) is 1.63. The van der Waals surface area contributed by atoms with Gasteiger partial charge < -0.3 is 15.0 Å². The molecule has 1 aliphatic rings. The Morgan fingerprint density at radius 1 is 1.00 bits per heavy atom. The van der Waals surface area contributed by atoms with Crippen molar-refractivity contribution in [1.82, 2.24) is 9.80 Å². The molecule has 1 fully saturated rings. The molecule has 0 atom stereocenters. The minimum atomic E-state index is -0.0170. The fraction of sp³-hybridized carbons (Fsp3) is 0.417. The molecule has 6 heteroatoms. The third kappa shape index (κ3) is 5.39. The maximum Gasteiger partial charge on any atom is 0.238 e. The first-order valence-corrected chi connectivity index (χ1v) is 10.4. The van der Waals surface area contributed by atoms with Crippen LogP contribution in [0.4, 0.5) is 5.69 Å². The molecule has 0 unspecified atom stereocenters. The van der Waals surface area contributed by atoms with E-state index >= 15 is 0 Å². The number of hydrogen-bond acceptors (Lipinski definition) is 4. The molecule has 0 aromatic heterocycles. The molecule has 1 heterocycles. The minimum Gasteiger partial charge on any atom is -0.496 e. The second kappa shape index (κ2) is 9.76. The molecular weight excluding hydrogens is 378 g/mol. The fourth-order valence-electron chi connectivity index (χ4n) is 3.87. The number of methoxy groups -OCH3 is 1. The van der Waals surface area contributed by atoms with E-state index in [1.165, 1.54) is 0 Å². The van der Waals surface area contributed by atoms with E-state index in [9.17, 15) is 9.59 Å². The Bertz CT molecular complexity index is 898. The molecule has 160 valence electrons. The summed E-state index contributed by atoms with van der Waals surface area (Å²) in [5, 5.41) is 3.04. The van der Waals surface area contributed by atoms with E-state index in [0.717, 1.165) is 33.7 Å². The summed E-state index contributed by atoms with van der Waals surface area (Å²) in [6.07, 6.45) is 0.331. The Hall–Kier alpha value is -2.86. The Morgan fingerprint density at radius 3 is 2.30 bits per heavy atom. The van der Waals surface area contributed by atoms with Gasteiger partial charge in [-0.2, -0.15) is 0 Å². The zero-order valence-corrected chi connectivity index (χ0v) is 18.3. The van der Waals surface area contributed by atoms with Crippen molar-refractivity contribution >= 4 is 17.5 Å². The summed E-state index contributed by atoms with van der Waals surface area (Å²) < 4.78 is 5.39. The summed E-state index contributed by atoms with van der Waals surface area (Å²) in [6, 6.07) is 11.9. The predicted octanol–water partition coefficient (Wildman–Crippen LogP) is 2.95. The second-order valence-corrected chi connectivity index (χ2v) is 7.96. The van der Waals surface area contributed by atoms with Crippen LogP contribution in [0.1, 0.15) is 22.3 Å². The van der Waals surface area contributed by atoms with Crippen molar-refractivity contribution in [1.29, 1.82) is 0 Å². The van der Waals surface area contributed by atoms with Crippen LogP contribution in [0.5, 0.6) is 5.75 Å². The topological polar surface area (TPSA) is 61.9 Å². The number of amides is 2. The van der Waals surface area contributed by atoms with Crippen LogP contribution in [-0.2, 0) is 16.0 Å².